The second-order valence-electron chi connectivity index (χ2n) is 4.66. The predicted molar refractivity (Wildman–Crippen MR) is 73.1 cm³/mol. The van der Waals surface area contributed by atoms with E-state index in [9.17, 15) is 4.79 Å². The number of hydrogen-bond donors (Lipinski definition) is 2. The summed E-state index contributed by atoms with van der Waals surface area (Å²) in [5.41, 5.74) is 5.58. The topological polar surface area (TPSA) is 72.9 Å². The molecule has 1 heterocycles. The summed E-state index contributed by atoms with van der Waals surface area (Å²) in [6.07, 6.45) is 6.44. The normalized spacial score (nSPS) is 12.4. The van der Waals surface area contributed by atoms with Crippen LogP contribution in [0.2, 0.25) is 0 Å². The minimum absolute atomic E-state index is 0.0525. The zero-order valence-corrected chi connectivity index (χ0v) is 11.4. The lowest BCUT2D eigenvalue weighted by atomic mass is 9.94. The SMILES string of the molecule is CCCC(CCN)CCC(=O)Nc1ccnn1C. The van der Waals surface area contributed by atoms with Crippen molar-refractivity contribution in [2.24, 2.45) is 18.7 Å². The molecule has 1 aromatic rings. The fourth-order valence-corrected chi connectivity index (χ4v) is 2.11. The Morgan fingerprint density at radius 3 is 2.83 bits per heavy atom. The molecule has 1 atom stereocenters. The van der Waals surface area contributed by atoms with Crippen molar-refractivity contribution < 1.29 is 4.79 Å². The van der Waals surface area contributed by atoms with E-state index in [4.69, 9.17) is 5.73 Å². The average molecular weight is 252 g/mol. The molecule has 102 valence electrons. The first kappa shape index (κ1) is 14.7. The Labute approximate surface area is 109 Å². The van der Waals surface area contributed by atoms with Crippen LogP contribution >= 0.6 is 0 Å². The largest absolute Gasteiger partial charge is 0.330 e. The van der Waals surface area contributed by atoms with Gasteiger partial charge in [0.15, 0.2) is 0 Å². The van der Waals surface area contributed by atoms with Crippen molar-refractivity contribution in [3.8, 4) is 0 Å². The van der Waals surface area contributed by atoms with E-state index in [1.165, 1.54) is 0 Å². The monoisotopic (exact) mass is 252 g/mol. The molecule has 0 saturated heterocycles. The first-order valence-corrected chi connectivity index (χ1v) is 6.65. The van der Waals surface area contributed by atoms with Gasteiger partial charge in [0.2, 0.25) is 5.91 Å². The lowest BCUT2D eigenvalue weighted by Gasteiger charge is -2.14. The molecule has 1 aromatic heterocycles. The smallest absolute Gasteiger partial charge is 0.225 e. The molecule has 0 fully saturated rings. The fraction of sp³-hybridized carbons (Fsp3) is 0.692. The van der Waals surface area contributed by atoms with Crippen LogP contribution < -0.4 is 11.1 Å². The predicted octanol–water partition coefficient (Wildman–Crippen LogP) is 1.90. The van der Waals surface area contributed by atoms with E-state index in [-0.39, 0.29) is 5.91 Å². The standard InChI is InChI=1S/C13H24N4O/c1-3-4-11(7-9-14)5-6-13(18)16-12-8-10-15-17(12)2/h8,10-11H,3-7,9,14H2,1-2H3,(H,16,18). The molecule has 0 aliphatic rings. The Kier molecular flexibility index (Phi) is 6.43. The average Bonchev–Trinajstić information content (AvgIpc) is 2.73. The van der Waals surface area contributed by atoms with Crippen LogP contribution in [0.4, 0.5) is 5.82 Å². The number of hydrogen-bond acceptors (Lipinski definition) is 3. The van der Waals surface area contributed by atoms with Crippen LogP contribution in [0.1, 0.15) is 39.0 Å². The number of anilines is 1. The van der Waals surface area contributed by atoms with Gasteiger partial charge < -0.3 is 11.1 Å². The van der Waals surface area contributed by atoms with Crippen LogP contribution in [0.5, 0.6) is 0 Å². The van der Waals surface area contributed by atoms with Gasteiger partial charge in [-0.25, -0.2) is 0 Å². The van der Waals surface area contributed by atoms with Crippen LogP contribution in [0.3, 0.4) is 0 Å². The molecule has 1 rings (SSSR count). The number of aromatic nitrogens is 2. The molecule has 5 nitrogen and oxygen atoms in total. The highest BCUT2D eigenvalue weighted by molar-refractivity contribution is 5.89. The Balaban J connectivity index is 2.33. The molecule has 0 spiro atoms. The van der Waals surface area contributed by atoms with Gasteiger partial charge in [0.25, 0.3) is 0 Å². The highest BCUT2D eigenvalue weighted by Crippen LogP contribution is 2.17. The van der Waals surface area contributed by atoms with Crippen molar-refractivity contribution in [3.63, 3.8) is 0 Å². The Bertz CT molecular complexity index is 356. The molecular weight excluding hydrogens is 228 g/mol. The highest BCUT2D eigenvalue weighted by Gasteiger charge is 2.11. The molecule has 18 heavy (non-hydrogen) atoms. The second-order valence-corrected chi connectivity index (χ2v) is 4.66. The van der Waals surface area contributed by atoms with Crippen molar-refractivity contribution in [1.82, 2.24) is 9.78 Å². The molecule has 0 aliphatic heterocycles. The molecule has 1 amide bonds. The van der Waals surface area contributed by atoms with Crippen molar-refractivity contribution >= 4 is 11.7 Å². The lowest BCUT2D eigenvalue weighted by molar-refractivity contribution is -0.116. The van der Waals surface area contributed by atoms with E-state index in [0.29, 0.717) is 18.9 Å². The number of rotatable bonds is 8. The van der Waals surface area contributed by atoms with Crippen LogP contribution in [-0.4, -0.2) is 22.2 Å². The molecule has 1 unspecified atom stereocenters. The third-order valence-electron chi connectivity index (χ3n) is 3.14. The molecule has 0 aromatic carbocycles. The third kappa shape index (κ3) is 4.87. The van der Waals surface area contributed by atoms with E-state index in [2.05, 4.69) is 17.3 Å². The molecule has 0 saturated carbocycles. The molecule has 3 N–H and O–H groups in total. The van der Waals surface area contributed by atoms with Gasteiger partial charge in [-0.1, -0.05) is 19.8 Å². The number of nitrogens with two attached hydrogens (primary N) is 1. The van der Waals surface area contributed by atoms with Gasteiger partial charge in [0.1, 0.15) is 5.82 Å². The van der Waals surface area contributed by atoms with Crippen molar-refractivity contribution in [3.05, 3.63) is 12.3 Å². The van der Waals surface area contributed by atoms with Crippen LogP contribution in [-0.2, 0) is 11.8 Å². The number of aryl methyl sites for hydroxylation is 1. The summed E-state index contributed by atoms with van der Waals surface area (Å²) in [5, 5.41) is 6.87. The number of carbonyl (C=O) groups is 1. The van der Waals surface area contributed by atoms with Gasteiger partial charge in [0.05, 0.1) is 6.20 Å². The summed E-state index contributed by atoms with van der Waals surface area (Å²) in [4.78, 5) is 11.8. The summed E-state index contributed by atoms with van der Waals surface area (Å²) in [6.45, 7) is 2.87. The van der Waals surface area contributed by atoms with Crippen LogP contribution in [0, 0.1) is 5.92 Å². The second kappa shape index (κ2) is 7.87. The van der Waals surface area contributed by atoms with Crippen LogP contribution in [0.25, 0.3) is 0 Å². The van der Waals surface area contributed by atoms with E-state index < -0.39 is 0 Å². The van der Waals surface area contributed by atoms with E-state index >= 15 is 0 Å². The fourth-order valence-electron chi connectivity index (χ4n) is 2.11. The molecular formula is C13H24N4O. The summed E-state index contributed by atoms with van der Waals surface area (Å²) < 4.78 is 1.65. The Morgan fingerprint density at radius 1 is 1.50 bits per heavy atom. The maximum absolute atomic E-state index is 11.8. The van der Waals surface area contributed by atoms with Crippen molar-refractivity contribution in [2.45, 2.75) is 39.0 Å². The van der Waals surface area contributed by atoms with Gasteiger partial charge in [-0.2, -0.15) is 5.10 Å². The van der Waals surface area contributed by atoms with Gasteiger partial charge in [-0.05, 0) is 25.3 Å². The molecule has 5 heteroatoms. The molecule has 0 radical (unpaired) electrons. The Hall–Kier alpha value is -1.36. The number of nitrogens with zero attached hydrogens (tertiary/aromatic N) is 2. The van der Waals surface area contributed by atoms with Crippen molar-refractivity contribution in [1.29, 1.82) is 0 Å². The highest BCUT2D eigenvalue weighted by atomic mass is 16.1. The van der Waals surface area contributed by atoms with E-state index in [1.807, 2.05) is 7.05 Å². The lowest BCUT2D eigenvalue weighted by Crippen LogP contribution is -2.16. The van der Waals surface area contributed by atoms with Crippen LogP contribution in [0.15, 0.2) is 12.3 Å². The third-order valence-corrected chi connectivity index (χ3v) is 3.14. The summed E-state index contributed by atoms with van der Waals surface area (Å²) >= 11 is 0. The van der Waals surface area contributed by atoms with E-state index in [0.717, 1.165) is 31.5 Å². The summed E-state index contributed by atoms with van der Waals surface area (Å²) in [7, 11) is 1.81. The van der Waals surface area contributed by atoms with Gasteiger partial charge >= 0.3 is 0 Å². The van der Waals surface area contributed by atoms with E-state index in [1.54, 1.807) is 16.9 Å². The number of carbonyl (C=O) groups excluding carboxylic acids is 1. The number of nitrogens with one attached hydrogen (secondary N) is 1. The first-order valence-electron chi connectivity index (χ1n) is 6.65. The number of amides is 1. The zero-order chi connectivity index (χ0) is 13.4. The van der Waals surface area contributed by atoms with Gasteiger partial charge in [-0.15, -0.1) is 0 Å². The Morgan fingerprint density at radius 2 is 2.28 bits per heavy atom. The summed E-state index contributed by atoms with van der Waals surface area (Å²) in [6, 6.07) is 1.79. The molecule has 0 bridgehead atoms. The van der Waals surface area contributed by atoms with Crippen molar-refractivity contribution in [2.75, 3.05) is 11.9 Å². The maximum atomic E-state index is 11.8. The van der Waals surface area contributed by atoms with Gasteiger partial charge in [0, 0.05) is 19.5 Å². The maximum Gasteiger partial charge on any atom is 0.225 e. The minimum atomic E-state index is 0.0525. The quantitative estimate of drug-likeness (QED) is 0.742. The molecule has 0 aliphatic carbocycles. The summed E-state index contributed by atoms with van der Waals surface area (Å²) in [5.74, 6) is 1.36. The first-order chi connectivity index (χ1) is 8.67. The van der Waals surface area contributed by atoms with Gasteiger partial charge in [-0.3, -0.25) is 9.48 Å². The zero-order valence-electron chi connectivity index (χ0n) is 11.4. The minimum Gasteiger partial charge on any atom is -0.330 e.